The zero-order valence-electron chi connectivity index (χ0n) is 26.2. The molecule has 9 heteroatoms. The first kappa shape index (κ1) is 32.9. The lowest BCUT2D eigenvalue weighted by atomic mass is 10.0. The van der Waals surface area contributed by atoms with E-state index in [0.717, 1.165) is 41.1 Å². The minimum Gasteiger partial charge on any atom is -0.352 e. The average molecular weight is 642 g/mol. The van der Waals surface area contributed by atoms with Gasteiger partial charge in [-0.2, -0.15) is 0 Å². The third kappa shape index (κ3) is 7.83. The number of anilines is 1. The van der Waals surface area contributed by atoms with Crippen LogP contribution in [0.5, 0.6) is 0 Å². The number of amides is 2. The maximum absolute atomic E-state index is 15.1. The van der Waals surface area contributed by atoms with Crippen molar-refractivity contribution in [3.05, 3.63) is 131 Å². The molecule has 0 heterocycles. The van der Waals surface area contributed by atoms with Crippen LogP contribution in [0.25, 0.3) is 0 Å². The van der Waals surface area contributed by atoms with Gasteiger partial charge in [0.2, 0.25) is 11.8 Å². The van der Waals surface area contributed by atoms with Crippen molar-refractivity contribution < 1.29 is 22.4 Å². The number of carbonyl (C=O) groups excluding carboxylic acids is 2. The van der Waals surface area contributed by atoms with Gasteiger partial charge in [-0.05, 0) is 62.1 Å². The van der Waals surface area contributed by atoms with Crippen LogP contribution in [0, 0.1) is 19.7 Å². The van der Waals surface area contributed by atoms with Crippen LogP contribution < -0.4 is 9.62 Å². The van der Waals surface area contributed by atoms with E-state index in [2.05, 4.69) is 5.32 Å². The van der Waals surface area contributed by atoms with Gasteiger partial charge in [-0.3, -0.25) is 13.9 Å². The lowest BCUT2D eigenvalue weighted by Gasteiger charge is -2.34. The third-order valence-corrected chi connectivity index (χ3v) is 10.3. The molecule has 0 aliphatic heterocycles. The second kappa shape index (κ2) is 14.7. The molecule has 46 heavy (non-hydrogen) atoms. The first-order chi connectivity index (χ1) is 22.1. The summed E-state index contributed by atoms with van der Waals surface area (Å²) >= 11 is 0. The van der Waals surface area contributed by atoms with E-state index in [9.17, 15) is 18.0 Å². The van der Waals surface area contributed by atoms with Crippen molar-refractivity contribution in [2.24, 2.45) is 0 Å². The summed E-state index contributed by atoms with van der Waals surface area (Å²) in [7, 11) is -4.22. The minimum atomic E-state index is -4.22. The molecule has 4 aromatic rings. The number of sulfonamides is 1. The lowest BCUT2D eigenvalue weighted by Crippen LogP contribution is -2.54. The Morgan fingerprint density at radius 1 is 0.848 bits per heavy atom. The van der Waals surface area contributed by atoms with E-state index < -0.39 is 34.3 Å². The van der Waals surface area contributed by atoms with Crippen LogP contribution >= 0.6 is 0 Å². The molecule has 0 aromatic heterocycles. The van der Waals surface area contributed by atoms with Gasteiger partial charge < -0.3 is 10.2 Å². The highest BCUT2D eigenvalue weighted by Gasteiger charge is 2.36. The SMILES string of the molecule is Cc1ccc(S(=O)(=O)N(CC(=O)N(Cc2ccccc2F)C(Cc2ccccc2)C(=O)NC2CCCC2)c2ccccc2C)cc1. The smallest absolute Gasteiger partial charge is 0.264 e. The number of rotatable bonds is 12. The molecule has 0 radical (unpaired) electrons. The van der Waals surface area contributed by atoms with Gasteiger partial charge in [0.05, 0.1) is 10.6 Å². The molecule has 5 rings (SSSR count). The fraction of sp³-hybridized carbons (Fsp3) is 0.297. The van der Waals surface area contributed by atoms with E-state index in [0.29, 0.717) is 11.3 Å². The highest BCUT2D eigenvalue weighted by molar-refractivity contribution is 7.92. The molecule has 1 unspecified atom stereocenters. The second-order valence-corrected chi connectivity index (χ2v) is 13.8. The van der Waals surface area contributed by atoms with Crippen LogP contribution in [-0.2, 0) is 32.6 Å². The average Bonchev–Trinajstić information content (AvgIpc) is 3.56. The number of hydrogen-bond acceptors (Lipinski definition) is 4. The summed E-state index contributed by atoms with van der Waals surface area (Å²) in [5, 5.41) is 3.13. The van der Waals surface area contributed by atoms with Gasteiger partial charge in [-0.15, -0.1) is 0 Å². The van der Waals surface area contributed by atoms with E-state index >= 15 is 4.39 Å². The molecule has 240 valence electrons. The van der Waals surface area contributed by atoms with Crippen molar-refractivity contribution in [1.29, 1.82) is 0 Å². The van der Waals surface area contributed by atoms with Crippen molar-refractivity contribution in [2.45, 2.75) is 69.5 Å². The first-order valence-electron chi connectivity index (χ1n) is 15.7. The quantitative estimate of drug-likeness (QED) is 0.196. The zero-order valence-corrected chi connectivity index (χ0v) is 27.0. The summed E-state index contributed by atoms with van der Waals surface area (Å²) in [4.78, 5) is 30.0. The molecule has 1 aliphatic carbocycles. The van der Waals surface area contributed by atoms with E-state index in [-0.39, 0.29) is 35.4 Å². The fourth-order valence-electron chi connectivity index (χ4n) is 5.93. The van der Waals surface area contributed by atoms with Gasteiger partial charge in [-0.1, -0.05) is 97.3 Å². The monoisotopic (exact) mass is 641 g/mol. The zero-order chi connectivity index (χ0) is 32.7. The molecular weight excluding hydrogens is 601 g/mol. The summed E-state index contributed by atoms with van der Waals surface area (Å²) < 4.78 is 44.6. The van der Waals surface area contributed by atoms with Crippen molar-refractivity contribution in [2.75, 3.05) is 10.8 Å². The number of nitrogens with zero attached hydrogens (tertiary/aromatic N) is 2. The topological polar surface area (TPSA) is 86.8 Å². The minimum absolute atomic E-state index is 0.0124. The highest BCUT2D eigenvalue weighted by Crippen LogP contribution is 2.28. The Bertz CT molecular complexity index is 1760. The predicted octanol–water partition coefficient (Wildman–Crippen LogP) is 6.34. The maximum atomic E-state index is 15.1. The predicted molar refractivity (Wildman–Crippen MR) is 178 cm³/mol. The van der Waals surface area contributed by atoms with E-state index in [4.69, 9.17) is 0 Å². The van der Waals surface area contributed by atoms with Crippen LogP contribution in [-0.4, -0.2) is 43.8 Å². The number of carbonyl (C=O) groups is 2. The number of aryl methyl sites for hydroxylation is 2. The number of halogens is 1. The van der Waals surface area contributed by atoms with Crippen molar-refractivity contribution in [1.82, 2.24) is 10.2 Å². The van der Waals surface area contributed by atoms with Crippen molar-refractivity contribution >= 4 is 27.5 Å². The molecule has 4 aromatic carbocycles. The van der Waals surface area contributed by atoms with Crippen molar-refractivity contribution in [3.63, 3.8) is 0 Å². The van der Waals surface area contributed by atoms with Crippen LogP contribution in [0.2, 0.25) is 0 Å². The molecule has 1 fully saturated rings. The largest absolute Gasteiger partial charge is 0.352 e. The maximum Gasteiger partial charge on any atom is 0.264 e. The van der Waals surface area contributed by atoms with E-state index in [1.807, 2.05) is 37.3 Å². The van der Waals surface area contributed by atoms with Gasteiger partial charge in [0, 0.05) is 24.6 Å². The van der Waals surface area contributed by atoms with Gasteiger partial charge in [0.25, 0.3) is 10.0 Å². The standard InChI is InChI=1S/C37H40FN3O4S/c1-27-20-22-32(23-21-27)46(44,45)41(34-19-11-6-12-28(34)2)26-36(42)40(25-30-15-7-10-18-33(30)38)35(24-29-13-4-3-5-14-29)37(43)39-31-16-8-9-17-31/h3-7,10-15,18-23,31,35H,8-9,16-17,24-26H2,1-2H3,(H,39,43). The molecule has 0 spiro atoms. The van der Waals surface area contributed by atoms with Gasteiger partial charge in [0.15, 0.2) is 0 Å². The Morgan fingerprint density at radius 3 is 2.15 bits per heavy atom. The van der Waals surface area contributed by atoms with Crippen molar-refractivity contribution in [3.8, 4) is 0 Å². The molecule has 1 saturated carbocycles. The molecule has 1 N–H and O–H groups in total. The molecular formula is C37H40FN3O4S. The van der Waals surface area contributed by atoms with Gasteiger partial charge >= 0.3 is 0 Å². The summed E-state index contributed by atoms with van der Waals surface area (Å²) in [6.07, 6.45) is 3.89. The summed E-state index contributed by atoms with van der Waals surface area (Å²) in [6.45, 7) is 2.84. The van der Waals surface area contributed by atoms with Gasteiger partial charge in [0.1, 0.15) is 18.4 Å². The normalized spacial score (nSPS) is 14.1. The number of hydrogen-bond donors (Lipinski definition) is 1. The summed E-state index contributed by atoms with van der Waals surface area (Å²) in [5.74, 6) is -1.48. The molecule has 0 bridgehead atoms. The van der Waals surface area contributed by atoms with Gasteiger partial charge in [-0.25, -0.2) is 12.8 Å². The Hall–Kier alpha value is -4.50. The van der Waals surface area contributed by atoms with Crippen LogP contribution in [0.4, 0.5) is 10.1 Å². The fourth-order valence-corrected chi connectivity index (χ4v) is 7.40. The van der Waals surface area contributed by atoms with E-state index in [1.165, 1.54) is 23.1 Å². The van der Waals surface area contributed by atoms with E-state index in [1.54, 1.807) is 61.5 Å². The first-order valence-corrected chi connectivity index (χ1v) is 17.1. The molecule has 2 amide bonds. The Morgan fingerprint density at radius 2 is 1.48 bits per heavy atom. The van der Waals surface area contributed by atoms with Crippen LogP contribution in [0.1, 0.15) is 47.9 Å². The van der Waals surface area contributed by atoms with Crippen LogP contribution in [0.3, 0.4) is 0 Å². The number of para-hydroxylation sites is 1. The third-order valence-electron chi connectivity index (χ3n) is 8.54. The Labute approximate surface area is 271 Å². The molecule has 0 saturated heterocycles. The second-order valence-electron chi connectivity index (χ2n) is 11.9. The van der Waals surface area contributed by atoms with Crippen LogP contribution in [0.15, 0.2) is 108 Å². The number of benzene rings is 4. The lowest BCUT2D eigenvalue weighted by molar-refractivity contribution is -0.140. The summed E-state index contributed by atoms with van der Waals surface area (Å²) in [6, 6.07) is 27.8. The Kier molecular flexibility index (Phi) is 10.5. The summed E-state index contributed by atoms with van der Waals surface area (Å²) in [5.41, 5.74) is 2.95. The molecule has 1 atom stereocenters. The molecule has 7 nitrogen and oxygen atoms in total. The Balaban J connectivity index is 1.58. The molecule has 1 aliphatic rings. The highest BCUT2D eigenvalue weighted by atomic mass is 32.2. The number of nitrogens with one attached hydrogen (secondary N) is 1.